The molecule has 2 amide bonds. The first kappa shape index (κ1) is 19.0. The summed E-state index contributed by atoms with van der Waals surface area (Å²) in [6.45, 7) is 2.68. The molecule has 0 radical (unpaired) electrons. The summed E-state index contributed by atoms with van der Waals surface area (Å²) in [6.07, 6.45) is 4.70. The van der Waals surface area contributed by atoms with Crippen LogP contribution in [0.1, 0.15) is 31.2 Å². The lowest BCUT2D eigenvalue weighted by molar-refractivity contribution is -0.146. The number of esters is 1. The molecule has 2 heterocycles. The highest BCUT2D eigenvalue weighted by molar-refractivity contribution is 5.75. The van der Waals surface area contributed by atoms with Gasteiger partial charge in [-0.3, -0.25) is 4.79 Å². The first-order valence-corrected chi connectivity index (χ1v) is 9.35. The number of ether oxygens (including phenoxy) is 1. The summed E-state index contributed by atoms with van der Waals surface area (Å²) >= 11 is 0. The maximum Gasteiger partial charge on any atom is 0.317 e. The maximum absolute atomic E-state index is 12.5. The minimum atomic E-state index is -0.146. The van der Waals surface area contributed by atoms with Gasteiger partial charge in [0.2, 0.25) is 0 Å². The first-order chi connectivity index (χ1) is 13.1. The zero-order valence-electron chi connectivity index (χ0n) is 15.6. The summed E-state index contributed by atoms with van der Waals surface area (Å²) in [5.74, 6) is 0.647. The molecule has 1 N–H and O–H groups in total. The summed E-state index contributed by atoms with van der Waals surface area (Å²) in [6, 6.07) is 5.74. The van der Waals surface area contributed by atoms with Gasteiger partial charge in [0.05, 0.1) is 18.6 Å². The zero-order valence-corrected chi connectivity index (χ0v) is 15.6. The Morgan fingerprint density at radius 2 is 1.89 bits per heavy atom. The van der Waals surface area contributed by atoms with Crippen LogP contribution in [0.5, 0.6) is 0 Å². The number of amides is 2. The molecule has 3 rings (SSSR count). The topological polar surface area (TPSA) is 98.6 Å². The van der Waals surface area contributed by atoms with E-state index in [-0.39, 0.29) is 24.0 Å². The number of anilines is 1. The minimum absolute atomic E-state index is 0.0355. The van der Waals surface area contributed by atoms with Crippen LogP contribution in [0, 0.1) is 17.2 Å². The van der Waals surface area contributed by atoms with E-state index in [2.05, 4.69) is 21.3 Å². The Morgan fingerprint density at radius 3 is 2.44 bits per heavy atom. The van der Waals surface area contributed by atoms with Gasteiger partial charge in [-0.15, -0.1) is 0 Å². The van der Waals surface area contributed by atoms with E-state index in [0.29, 0.717) is 31.7 Å². The van der Waals surface area contributed by atoms with Gasteiger partial charge >= 0.3 is 12.0 Å². The molecular formula is C19H25N5O3. The average Bonchev–Trinajstić information content (AvgIpc) is 2.74. The molecule has 144 valence electrons. The Balaban J connectivity index is 1.43. The molecule has 1 aliphatic heterocycles. The molecule has 2 fully saturated rings. The Morgan fingerprint density at radius 1 is 1.19 bits per heavy atom. The molecule has 27 heavy (non-hydrogen) atoms. The lowest BCUT2D eigenvalue weighted by atomic mass is 9.86. The van der Waals surface area contributed by atoms with E-state index in [0.717, 1.165) is 31.5 Å². The van der Waals surface area contributed by atoms with E-state index in [1.54, 1.807) is 12.3 Å². The Kier molecular flexibility index (Phi) is 6.12. The first-order valence-electron chi connectivity index (χ1n) is 9.35. The summed E-state index contributed by atoms with van der Waals surface area (Å²) in [5.41, 5.74) is 0.540. The molecular weight excluding hydrogens is 346 g/mol. The quantitative estimate of drug-likeness (QED) is 0.809. The van der Waals surface area contributed by atoms with Crippen molar-refractivity contribution in [2.75, 3.05) is 38.2 Å². The van der Waals surface area contributed by atoms with E-state index in [1.807, 2.05) is 11.0 Å². The van der Waals surface area contributed by atoms with Gasteiger partial charge in [-0.25, -0.2) is 9.78 Å². The van der Waals surface area contributed by atoms with Crippen molar-refractivity contribution in [3.8, 4) is 6.07 Å². The second-order valence-electron chi connectivity index (χ2n) is 7.01. The molecule has 0 unspecified atom stereocenters. The van der Waals surface area contributed by atoms with Crippen molar-refractivity contribution >= 4 is 17.8 Å². The number of nitrogens with one attached hydrogen (secondary N) is 1. The predicted octanol–water partition coefficient (Wildman–Crippen LogP) is 1.52. The number of hydrogen-bond acceptors (Lipinski definition) is 6. The van der Waals surface area contributed by atoms with Crippen molar-refractivity contribution in [3.63, 3.8) is 0 Å². The molecule has 2 aliphatic rings. The molecule has 1 aliphatic carbocycles. The van der Waals surface area contributed by atoms with Crippen LogP contribution in [0.3, 0.4) is 0 Å². The van der Waals surface area contributed by atoms with E-state index in [9.17, 15) is 9.59 Å². The Hall–Kier alpha value is -2.82. The number of rotatable bonds is 3. The van der Waals surface area contributed by atoms with Gasteiger partial charge in [-0.05, 0) is 37.8 Å². The second kappa shape index (κ2) is 8.71. The monoisotopic (exact) mass is 371 g/mol. The largest absolute Gasteiger partial charge is 0.469 e. The maximum atomic E-state index is 12.5. The lowest BCUT2D eigenvalue weighted by Crippen LogP contribution is -2.54. The van der Waals surface area contributed by atoms with Crippen LogP contribution in [0.15, 0.2) is 18.3 Å². The van der Waals surface area contributed by atoms with Crippen LogP contribution in [-0.2, 0) is 9.53 Å². The average molecular weight is 371 g/mol. The molecule has 0 spiro atoms. The summed E-state index contributed by atoms with van der Waals surface area (Å²) in [5, 5.41) is 11.9. The van der Waals surface area contributed by atoms with Crippen molar-refractivity contribution in [3.05, 3.63) is 23.9 Å². The van der Waals surface area contributed by atoms with Crippen molar-refractivity contribution in [1.82, 2.24) is 15.2 Å². The molecule has 0 atom stereocenters. The summed E-state index contributed by atoms with van der Waals surface area (Å²) < 4.78 is 4.80. The molecule has 1 aromatic rings. The molecule has 1 saturated heterocycles. The number of piperazine rings is 1. The standard InChI is InChI=1S/C19H25N5O3/c1-27-18(25)15-3-5-16(6-4-15)22-19(26)24-10-8-23(9-11-24)17-7-2-14(12-20)13-21-17/h2,7,13,15-16H,3-6,8-11H2,1H3,(H,22,26)/t15-,16-. The third-order valence-electron chi connectivity index (χ3n) is 5.36. The number of pyridine rings is 1. The van der Waals surface area contributed by atoms with Crippen molar-refractivity contribution in [2.24, 2.45) is 5.92 Å². The van der Waals surface area contributed by atoms with Crippen LogP contribution in [0.4, 0.5) is 10.6 Å². The van der Waals surface area contributed by atoms with Crippen LogP contribution < -0.4 is 10.2 Å². The molecule has 8 heteroatoms. The number of nitriles is 1. The minimum Gasteiger partial charge on any atom is -0.469 e. The van der Waals surface area contributed by atoms with Gasteiger partial charge < -0.3 is 19.9 Å². The number of nitrogens with zero attached hydrogens (tertiary/aromatic N) is 4. The molecule has 1 aromatic heterocycles. The lowest BCUT2D eigenvalue weighted by Gasteiger charge is -2.36. The SMILES string of the molecule is COC(=O)[C@H]1CC[C@H](NC(=O)N2CCN(c3ccc(C#N)cn3)CC2)CC1. The fraction of sp³-hybridized carbons (Fsp3) is 0.579. The van der Waals surface area contributed by atoms with E-state index in [4.69, 9.17) is 10.00 Å². The second-order valence-corrected chi connectivity index (χ2v) is 7.01. The predicted molar refractivity (Wildman–Crippen MR) is 99.0 cm³/mol. The number of methoxy groups -OCH3 is 1. The van der Waals surface area contributed by atoms with Crippen molar-refractivity contribution in [1.29, 1.82) is 5.26 Å². The van der Waals surface area contributed by atoms with Gasteiger partial charge in [0.15, 0.2) is 0 Å². The van der Waals surface area contributed by atoms with E-state index >= 15 is 0 Å². The highest BCUT2D eigenvalue weighted by Crippen LogP contribution is 2.25. The highest BCUT2D eigenvalue weighted by atomic mass is 16.5. The molecule has 0 bridgehead atoms. The number of hydrogen-bond donors (Lipinski definition) is 1. The number of urea groups is 1. The van der Waals surface area contributed by atoms with Crippen molar-refractivity contribution in [2.45, 2.75) is 31.7 Å². The van der Waals surface area contributed by atoms with Gasteiger partial charge in [-0.1, -0.05) is 0 Å². The van der Waals surface area contributed by atoms with Crippen LogP contribution >= 0.6 is 0 Å². The fourth-order valence-electron chi connectivity index (χ4n) is 3.68. The van der Waals surface area contributed by atoms with Gasteiger partial charge in [0.25, 0.3) is 0 Å². The normalized spacial score (nSPS) is 22.7. The number of aromatic nitrogens is 1. The highest BCUT2D eigenvalue weighted by Gasteiger charge is 2.29. The van der Waals surface area contributed by atoms with Crippen molar-refractivity contribution < 1.29 is 14.3 Å². The van der Waals surface area contributed by atoms with Crippen LogP contribution in [0.25, 0.3) is 0 Å². The molecule has 8 nitrogen and oxygen atoms in total. The Labute approximate surface area is 159 Å². The van der Waals surface area contributed by atoms with Crippen LogP contribution in [0.2, 0.25) is 0 Å². The summed E-state index contributed by atoms with van der Waals surface area (Å²) in [7, 11) is 1.42. The zero-order chi connectivity index (χ0) is 19.2. The van der Waals surface area contributed by atoms with E-state index in [1.165, 1.54) is 7.11 Å². The molecule has 0 aromatic carbocycles. The van der Waals surface area contributed by atoms with Gasteiger partial charge in [-0.2, -0.15) is 5.26 Å². The third-order valence-corrected chi connectivity index (χ3v) is 5.36. The summed E-state index contributed by atoms with van der Waals surface area (Å²) in [4.78, 5) is 32.4. The van der Waals surface area contributed by atoms with E-state index < -0.39 is 0 Å². The van der Waals surface area contributed by atoms with Gasteiger partial charge in [0.1, 0.15) is 11.9 Å². The smallest absolute Gasteiger partial charge is 0.317 e. The number of carbonyl (C=O) groups excluding carboxylic acids is 2. The van der Waals surface area contributed by atoms with Crippen LogP contribution in [-0.4, -0.2) is 61.2 Å². The third kappa shape index (κ3) is 4.67. The Bertz CT molecular complexity index is 699. The van der Waals surface area contributed by atoms with Gasteiger partial charge in [0, 0.05) is 38.4 Å². The fourth-order valence-corrected chi connectivity index (χ4v) is 3.68. The number of carbonyl (C=O) groups is 2. The molecule has 1 saturated carbocycles.